The van der Waals surface area contributed by atoms with Crippen LogP contribution in [0.5, 0.6) is 0 Å². The van der Waals surface area contributed by atoms with Crippen LogP contribution >= 0.6 is 21.8 Å². The predicted octanol–water partition coefficient (Wildman–Crippen LogP) is 8.20. The fourth-order valence-electron chi connectivity index (χ4n) is 6.31. The fraction of sp³-hybridized carbons (Fsp3) is 0.286. The average Bonchev–Trinajstić information content (AvgIpc) is 3.58. The zero-order valence-corrected chi connectivity index (χ0v) is 26.9. The summed E-state index contributed by atoms with van der Waals surface area (Å²) >= 11 is 1.19. The highest BCUT2D eigenvalue weighted by atomic mass is 32.3. The number of aromatic carboxylic acids is 1. The van der Waals surface area contributed by atoms with Gasteiger partial charge in [0, 0.05) is 34.7 Å². The van der Waals surface area contributed by atoms with Crippen molar-refractivity contribution in [1.29, 1.82) is 0 Å². The summed E-state index contributed by atoms with van der Waals surface area (Å²) in [5.41, 5.74) is 7.44. The first-order chi connectivity index (χ1) is 22.0. The van der Waals surface area contributed by atoms with Gasteiger partial charge in [-0.15, -0.1) is 11.3 Å². The molecule has 0 radical (unpaired) electrons. The van der Waals surface area contributed by atoms with Crippen molar-refractivity contribution >= 4 is 27.8 Å². The van der Waals surface area contributed by atoms with Crippen LogP contribution in [0.3, 0.4) is 0 Å². The van der Waals surface area contributed by atoms with Crippen LogP contribution in [0.1, 0.15) is 64.1 Å². The summed E-state index contributed by atoms with van der Waals surface area (Å²) in [4.78, 5) is 16.1. The van der Waals surface area contributed by atoms with Crippen molar-refractivity contribution < 1.29 is 23.2 Å². The second-order valence-electron chi connectivity index (χ2n) is 12.4. The summed E-state index contributed by atoms with van der Waals surface area (Å²) in [7, 11) is -2.75. The van der Waals surface area contributed by atoms with E-state index in [-0.39, 0.29) is 16.4 Å². The molecular weight excluding hydrogens is 627 g/mol. The molecule has 0 aliphatic heterocycles. The number of thiazole rings is 1. The van der Waals surface area contributed by atoms with Gasteiger partial charge in [-0.3, -0.25) is 5.14 Å². The molecular formula is C35H34F2N4O3S2. The highest BCUT2D eigenvalue weighted by Crippen LogP contribution is 2.43. The highest BCUT2D eigenvalue weighted by Gasteiger charge is 2.30. The number of hydrogen-bond donors (Lipinski definition) is 3. The summed E-state index contributed by atoms with van der Waals surface area (Å²) in [6.45, 7) is 0. The van der Waals surface area contributed by atoms with Crippen molar-refractivity contribution in [3.63, 3.8) is 0 Å². The van der Waals surface area contributed by atoms with E-state index in [9.17, 15) is 14.5 Å². The van der Waals surface area contributed by atoms with Crippen molar-refractivity contribution in [2.75, 3.05) is 6.26 Å². The number of aryl methyl sites for hydroxylation is 2. The number of nitrogens with zero attached hydrogens (tertiary/aromatic N) is 3. The van der Waals surface area contributed by atoms with Gasteiger partial charge in [-0.2, -0.15) is 5.10 Å². The maximum Gasteiger partial charge on any atom is 0.355 e. The number of fused-ring (bicyclic) bond motifs is 1. The number of aromatic nitrogens is 3. The molecule has 46 heavy (non-hydrogen) atoms. The lowest BCUT2D eigenvalue weighted by molar-refractivity contribution is 0.0691. The van der Waals surface area contributed by atoms with Crippen molar-refractivity contribution in [3.8, 4) is 27.5 Å². The first kappa shape index (κ1) is 30.7. The molecule has 0 spiro atoms. The Bertz CT molecular complexity index is 1980. The van der Waals surface area contributed by atoms with E-state index in [0.717, 1.165) is 55.3 Å². The maximum atomic E-state index is 15.5. The number of halogens is 2. The van der Waals surface area contributed by atoms with Gasteiger partial charge >= 0.3 is 5.97 Å². The van der Waals surface area contributed by atoms with E-state index in [0.29, 0.717) is 46.3 Å². The van der Waals surface area contributed by atoms with Gasteiger partial charge in [0.25, 0.3) is 0 Å². The van der Waals surface area contributed by atoms with Crippen LogP contribution in [0.15, 0.2) is 64.9 Å². The van der Waals surface area contributed by atoms with Gasteiger partial charge in [-0.05, 0) is 103 Å². The summed E-state index contributed by atoms with van der Waals surface area (Å²) in [5, 5.41) is 22.3. The Morgan fingerprint density at radius 3 is 2.48 bits per heavy atom. The van der Waals surface area contributed by atoms with Crippen LogP contribution in [0.2, 0.25) is 0 Å². The smallest absolute Gasteiger partial charge is 0.355 e. The lowest BCUT2D eigenvalue weighted by Gasteiger charge is -2.24. The van der Waals surface area contributed by atoms with Gasteiger partial charge in [0.15, 0.2) is 5.69 Å². The van der Waals surface area contributed by atoms with E-state index in [1.165, 1.54) is 52.3 Å². The molecule has 2 heterocycles. The normalized spacial score (nSPS) is 16.5. The van der Waals surface area contributed by atoms with E-state index in [1.54, 1.807) is 16.8 Å². The molecule has 5 aromatic rings. The molecule has 0 saturated heterocycles. The first-order valence-electron chi connectivity index (χ1n) is 15.3. The topological polar surface area (TPSA) is 114 Å². The molecule has 7 rings (SSSR count). The number of benzene rings is 3. The van der Waals surface area contributed by atoms with Crippen molar-refractivity contribution in [1.82, 2.24) is 14.8 Å². The molecule has 0 bridgehead atoms. The van der Waals surface area contributed by atoms with Gasteiger partial charge in [-0.1, -0.05) is 34.8 Å². The summed E-state index contributed by atoms with van der Waals surface area (Å²) in [5.74, 6) is -1.60. The molecule has 238 valence electrons. The Kier molecular flexibility index (Phi) is 8.04. The van der Waals surface area contributed by atoms with E-state index < -0.39 is 22.3 Å². The number of carbonyl (C=O) groups is 1. The first-order valence-corrected chi connectivity index (χ1v) is 18.3. The molecule has 2 aromatic heterocycles. The standard InChI is InChI=1S/C35H34F2N4O3S2/c1-46(38,44)32-13-8-21(15-29(32)37)14-27-31(16-20-6-7-20)41(35-39-30(19-45-35)34(42)43)40-33(27)25-11-12-28(36)26(18-25)24-10-9-22-4-2-3-5-23(22)17-24/h8-13,15,17-20,44H,2-7,14,16,38H2,1H3,(H,42,43). The third kappa shape index (κ3) is 6.12. The molecule has 1 atom stereocenters. The van der Waals surface area contributed by atoms with E-state index >= 15 is 8.78 Å². The van der Waals surface area contributed by atoms with E-state index in [2.05, 4.69) is 17.1 Å². The molecule has 1 saturated carbocycles. The van der Waals surface area contributed by atoms with Gasteiger partial charge in [-0.25, -0.2) is 23.2 Å². The Balaban J connectivity index is 1.38. The zero-order chi connectivity index (χ0) is 32.2. The summed E-state index contributed by atoms with van der Waals surface area (Å²) < 4.78 is 42.7. The van der Waals surface area contributed by atoms with Gasteiger partial charge in [0.2, 0.25) is 5.13 Å². The molecule has 4 N–H and O–H groups in total. The molecule has 1 unspecified atom stereocenters. The maximum absolute atomic E-state index is 15.5. The lowest BCUT2D eigenvalue weighted by atomic mass is 9.88. The Hall–Kier alpha value is -3.90. The molecule has 7 nitrogen and oxygen atoms in total. The van der Waals surface area contributed by atoms with Crippen molar-refractivity contribution in [3.05, 3.63) is 105 Å². The van der Waals surface area contributed by atoms with Gasteiger partial charge in [0.05, 0.1) is 16.3 Å². The highest BCUT2D eigenvalue weighted by molar-refractivity contribution is 8.26. The number of hydrogen-bond acceptors (Lipinski definition) is 6. The third-order valence-electron chi connectivity index (χ3n) is 8.88. The van der Waals surface area contributed by atoms with Crippen LogP contribution in [-0.4, -0.2) is 36.6 Å². The Morgan fingerprint density at radius 2 is 1.78 bits per heavy atom. The Morgan fingerprint density at radius 1 is 1.02 bits per heavy atom. The number of rotatable bonds is 9. The quantitative estimate of drug-likeness (QED) is 0.147. The number of carboxylic acid groups (broad SMARTS) is 1. The second-order valence-corrected chi connectivity index (χ2v) is 15.6. The molecule has 0 amide bonds. The fourth-order valence-corrected chi connectivity index (χ4v) is 7.88. The minimum atomic E-state index is -2.75. The second kappa shape index (κ2) is 12.0. The minimum Gasteiger partial charge on any atom is -0.476 e. The van der Waals surface area contributed by atoms with Crippen LogP contribution < -0.4 is 5.14 Å². The SMILES string of the molecule is CS(N)(O)c1ccc(Cc2c(-c3ccc(F)c(-c4ccc5c(c4)CCCC5)c3)nn(-c3nc(C(=O)O)cs3)c2CC2CC2)cc1F. The third-order valence-corrected chi connectivity index (χ3v) is 10.9. The number of carboxylic acids is 1. The molecule has 11 heteroatoms. The van der Waals surface area contributed by atoms with Crippen LogP contribution in [0.25, 0.3) is 27.5 Å². The number of nitrogens with two attached hydrogens (primary N) is 1. The summed E-state index contributed by atoms with van der Waals surface area (Å²) in [6.07, 6.45) is 8.83. The Labute approximate surface area is 271 Å². The van der Waals surface area contributed by atoms with Crippen molar-refractivity contribution in [2.45, 2.75) is 56.3 Å². The summed E-state index contributed by atoms with van der Waals surface area (Å²) in [6, 6.07) is 15.8. The van der Waals surface area contributed by atoms with Crippen LogP contribution in [-0.2, 0) is 25.7 Å². The molecule has 3 aromatic carbocycles. The molecule has 2 aliphatic rings. The van der Waals surface area contributed by atoms with E-state index in [1.807, 2.05) is 12.1 Å². The van der Waals surface area contributed by atoms with E-state index in [4.69, 9.17) is 10.2 Å². The predicted molar refractivity (Wildman–Crippen MR) is 178 cm³/mol. The van der Waals surface area contributed by atoms with Gasteiger partial charge < -0.3 is 9.66 Å². The largest absolute Gasteiger partial charge is 0.476 e. The van der Waals surface area contributed by atoms with Crippen LogP contribution in [0, 0.1) is 17.6 Å². The minimum absolute atomic E-state index is 0.0681. The monoisotopic (exact) mass is 660 g/mol. The molecule has 2 aliphatic carbocycles. The zero-order valence-electron chi connectivity index (χ0n) is 25.3. The van der Waals surface area contributed by atoms with Crippen molar-refractivity contribution in [2.24, 2.45) is 11.1 Å². The van der Waals surface area contributed by atoms with Gasteiger partial charge in [0.1, 0.15) is 11.6 Å². The van der Waals surface area contributed by atoms with Crippen LogP contribution in [0.4, 0.5) is 8.78 Å². The lowest BCUT2D eigenvalue weighted by Crippen LogP contribution is -2.10. The average molecular weight is 661 g/mol. The molecule has 1 fully saturated rings.